The number of non-ortho nitro benzene ring substituents is 1. The molecule has 17 heavy (non-hydrogen) atoms. The predicted octanol–water partition coefficient (Wildman–Crippen LogP) is 2.75. The Balaban J connectivity index is 2.34. The van der Waals surface area contributed by atoms with Crippen LogP contribution in [0.3, 0.4) is 0 Å². The van der Waals surface area contributed by atoms with Gasteiger partial charge in [-0.05, 0) is 25.3 Å². The summed E-state index contributed by atoms with van der Waals surface area (Å²) in [5.74, 6) is 0. The molecule has 1 saturated carbocycles. The smallest absolute Gasteiger partial charge is 0.269 e. The second-order valence-electron chi connectivity index (χ2n) is 4.96. The van der Waals surface area contributed by atoms with Crippen molar-refractivity contribution >= 4 is 5.69 Å². The Morgan fingerprint density at radius 3 is 2.24 bits per heavy atom. The minimum absolute atomic E-state index is 0.0229. The number of nitro groups is 1. The third-order valence-electron chi connectivity index (χ3n) is 4.02. The molecule has 1 unspecified atom stereocenters. The third-order valence-corrected chi connectivity index (χ3v) is 4.02. The van der Waals surface area contributed by atoms with E-state index < -0.39 is 0 Å². The summed E-state index contributed by atoms with van der Waals surface area (Å²) in [6.07, 6.45) is 4.56. The van der Waals surface area contributed by atoms with Crippen molar-refractivity contribution < 1.29 is 4.92 Å². The van der Waals surface area contributed by atoms with Crippen LogP contribution >= 0.6 is 0 Å². The van der Waals surface area contributed by atoms with E-state index in [9.17, 15) is 10.1 Å². The van der Waals surface area contributed by atoms with E-state index in [4.69, 9.17) is 5.73 Å². The molecule has 92 valence electrons. The van der Waals surface area contributed by atoms with Gasteiger partial charge in [-0.25, -0.2) is 0 Å². The zero-order chi connectivity index (χ0) is 12.5. The fraction of sp³-hybridized carbons (Fsp3) is 0.538. The molecule has 0 saturated heterocycles. The monoisotopic (exact) mass is 234 g/mol. The molecular formula is C13H18N2O2. The lowest BCUT2D eigenvalue weighted by Gasteiger charge is -2.33. The Hall–Kier alpha value is -1.42. The second kappa shape index (κ2) is 4.45. The number of nitro benzene ring substituents is 1. The van der Waals surface area contributed by atoms with Crippen molar-refractivity contribution in [2.45, 2.75) is 44.1 Å². The van der Waals surface area contributed by atoms with Gasteiger partial charge in [0.1, 0.15) is 0 Å². The maximum Gasteiger partial charge on any atom is 0.269 e. The Morgan fingerprint density at radius 1 is 1.29 bits per heavy atom. The van der Waals surface area contributed by atoms with Gasteiger partial charge in [0.15, 0.2) is 0 Å². The normalized spacial score (nSPS) is 20.1. The maximum absolute atomic E-state index is 10.6. The zero-order valence-electron chi connectivity index (χ0n) is 10.1. The molecule has 1 aliphatic rings. The minimum atomic E-state index is -0.364. The van der Waals surface area contributed by atoms with Crippen LogP contribution < -0.4 is 5.73 Å². The molecule has 2 rings (SSSR count). The average Bonchev–Trinajstić information content (AvgIpc) is 2.79. The molecular weight excluding hydrogens is 216 g/mol. The fourth-order valence-electron chi connectivity index (χ4n) is 2.93. The van der Waals surface area contributed by atoms with Crippen molar-refractivity contribution in [3.8, 4) is 0 Å². The van der Waals surface area contributed by atoms with Gasteiger partial charge in [0.2, 0.25) is 0 Å². The summed E-state index contributed by atoms with van der Waals surface area (Å²) in [7, 11) is 0. The largest absolute Gasteiger partial charge is 0.327 e. The van der Waals surface area contributed by atoms with Crippen LogP contribution in [0.15, 0.2) is 24.3 Å². The quantitative estimate of drug-likeness (QED) is 0.645. The van der Waals surface area contributed by atoms with Gasteiger partial charge in [-0.2, -0.15) is 0 Å². The number of nitrogens with zero attached hydrogens (tertiary/aromatic N) is 1. The van der Waals surface area contributed by atoms with Crippen LogP contribution in [0, 0.1) is 10.1 Å². The van der Waals surface area contributed by atoms with Gasteiger partial charge in [-0.1, -0.05) is 25.0 Å². The molecule has 1 aromatic rings. The lowest BCUT2D eigenvalue weighted by molar-refractivity contribution is -0.384. The van der Waals surface area contributed by atoms with E-state index in [2.05, 4.69) is 0 Å². The first-order valence-corrected chi connectivity index (χ1v) is 6.07. The summed E-state index contributed by atoms with van der Waals surface area (Å²) in [5.41, 5.74) is 7.45. The van der Waals surface area contributed by atoms with Crippen LogP contribution in [0.2, 0.25) is 0 Å². The van der Waals surface area contributed by atoms with E-state index in [1.165, 1.54) is 12.8 Å². The standard InChI is InChI=1S/C13H18N2O2/c1-10(14)13(8-2-3-9-13)11-4-6-12(7-5-11)15(16)17/h4-7,10H,2-3,8-9,14H2,1H3. The summed E-state index contributed by atoms with van der Waals surface area (Å²) in [4.78, 5) is 10.3. The number of nitrogens with two attached hydrogens (primary N) is 1. The van der Waals surface area contributed by atoms with Gasteiger partial charge in [0, 0.05) is 23.6 Å². The first kappa shape index (κ1) is 12.0. The number of hydrogen-bond acceptors (Lipinski definition) is 3. The van der Waals surface area contributed by atoms with Crippen LogP contribution in [0.1, 0.15) is 38.2 Å². The van der Waals surface area contributed by atoms with E-state index in [1.54, 1.807) is 12.1 Å². The molecule has 0 amide bonds. The van der Waals surface area contributed by atoms with E-state index in [0.717, 1.165) is 18.4 Å². The van der Waals surface area contributed by atoms with Gasteiger partial charge in [0.05, 0.1) is 4.92 Å². The number of rotatable bonds is 3. The molecule has 1 atom stereocenters. The Kier molecular flexibility index (Phi) is 3.15. The highest BCUT2D eigenvalue weighted by Gasteiger charge is 2.38. The fourth-order valence-corrected chi connectivity index (χ4v) is 2.93. The molecule has 4 heteroatoms. The lowest BCUT2D eigenvalue weighted by atomic mass is 9.74. The van der Waals surface area contributed by atoms with Crippen LogP contribution in [0.4, 0.5) is 5.69 Å². The van der Waals surface area contributed by atoms with Crippen molar-refractivity contribution in [2.24, 2.45) is 5.73 Å². The van der Waals surface area contributed by atoms with Crippen LogP contribution in [0.25, 0.3) is 0 Å². The van der Waals surface area contributed by atoms with Crippen LogP contribution in [-0.4, -0.2) is 11.0 Å². The van der Waals surface area contributed by atoms with Crippen molar-refractivity contribution in [3.05, 3.63) is 39.9 Å². The minimum Gasteiger partial charge on any atom is -0.327 e. The van der Waals surface area contributed by atoms with E-state index >= 15 is 0 Å². The maximum atomic E-state index is 10.6. The molecule has 0 bridgehead atoms. The molecule has 1 aromatic carbocycles. The van der Waals surface area contributed by atoms with Gasteiger partial charge in [-0.3, -0.25) is 10.1 Å². The van der Waals surface area contributed by atoms with E-state index in [1.807, 2.05) is 19.1 Å². The highest BCUT2D eigenvalue weighted by atomic mass is 16.6. The molecule has 1 fully saturated rings. The predicted molar refractivity (Wildman–Crippen MR) is 66.9 cm³/mol. The molecule has 0 spiro atoms. The summed E-state index contributed by atoms with van der Waals surface area (Å²) >= 11 is 0. The molecule has 4 nitrogen and oxygen atoms in total. The number of hydrogen-bond donors (Lipinski definition) is 1. The van der Waals surface area contributed by atoms with Gasteiger partial charge in [-0.15, -0.1) is 0 Å². The van der Waals surface area contributed by atoms with Gasteiger partial charge < -0.3 is 5.73 Å². The van der Waals surface area contributed by atoms with Gasteiger partial charge in [0.25, 0.3) is 5.69 Å². The van der Waals surface area contributed by atoms with Crippen LogP contribution in [-0.2, 0) is 5.41 Å². The third kappa shape index (κ3) is 2.05. The molecule has 0 aromatic heterocycles. The number of benzene rings is 1. The van der Waals surface area contributed by atoms with Crippen molar-refractivity contribution in [1.82, 2.24) is 0 Å². The first-order valence-electron chi connectivity index (χ1n) is 6.07. The van der Waals surface area contributed by atoms with Crippen LogP contribution in [0.5, 0.6) is 0 Å². The lowest BCUT2D eigenvalue weighted by Crippen LogP contribution is -2.41. The van der Waals surface area contributed by atoms with Crippen molar-refractivity contribution in [3.63, 3.8) is 0 Å². The summed E-state index contributed by atoms with van der Waals surface area (Å²) in [6, 6.07) is 6.99. The average molecular weight is 234 g/mol. The first-order chi connectivity index (χ1) is 8.06. The molecule has 2 N–H and O–H groups in total. The Bertz CT molecular complexity index is 406. The van der Waals surface area contributed by atoms with Crippen molar-refractivity contribution in [2.75, 3.05) is 0 Å². The second-order valence-corrected chi connectivity index (χ2v) is 4.96. The Morgan fingerprint density at radius 2 is 1.82 bits per heavy atom. The molecule has 0 aliphatic heterocycles. The molecule has 1 aliphatic carbocycles. The Labute approximate surface area is 101 Å². The molecule has 0 radical (unpaired) electrons. The highest BCUT2D eigenvalue weighted by Crippen LogP contribution is 2.43. The summed E-state index contributed by atoms with van der Waals surface area (Å²) < 4.78 is 0. The van der Waals surface area contributed by atoms with Crippen molar-refractivity contribution in [1.29, 1.82) is 0 Å². The van der Waals surface area contributed by atoms with E-state index in [0.29, 0.717) is 0 Å². The highest BCUT2D eigenvalue weighted by molar-refractivity contribution is 5.38. The molecule has 0 heterocycles. The van der Waals surface area contributed by atoms with Gasteiger partial charge >= 0.3 is 0 Å². The topological polar surface area (TPSA) is 69.2 Å². The SMILES string of the molecule is CC(N)C1(c2ccc([N+](=O)[O-])cc2)CCCC1. The summed E-state index contributed by atoms with van der Waals surface area (Å²) in [5, 5.41) is 10.6. The van der Waals surface area contributed by atoms with E-state index in [-0.39, 0.29) is 22.1 Å². The summed E-state index contributed by atoms with van der Waals surface area (Å²) in [6.45, 7) is 2.03. The zero-order valence-corrected chi connectivity index (χ0v) is 10.1.